The minimum atomic E-state index is 0.246. The fourth-order valence-corrected chi connectivity index (χ4v) is 4.03. The minimum absolute atomic E-state index is 0.246. The van der Waals surface area contributed by atoms with Gasteiger partial charge in [-0.2, -0.15) is 0 Å². The number of rotatable bonds is 2. The van der Waals surface area contributed by atoms with E-state index in [1.165, 1.54) is 18.4 Å². The Morgan fingerprint density at radius 3 is 3.11 bits per heavy atom. The molecule has 2 atom stereocenters. The number of carbonyl (C=O) groups is 1. The normalized spacial score (nSPS) is 27.3. The van der Waals surface area contributed by atoms with Gasteiger partial charge in [-0.25, -0.2) is 0 Å². The van der Waals surface area contributed by atoms with Gasteiger partial charge in [0.05, 0.1) is 4.88 Å². The summed E-state index contributed by atoms with van der Waals surface area (Å²) >= 11 is 1.59. The van der Waals surface area contributed by atoms with Crippen molar-refractivity contribution in [1.29, 1.82) is 0 Å². The number of thiophene rings is 1. The molecule has 0 spiro atoms. The Labute approximate surface area is 112 Å². The van der Waals surface area contributed by atoms with E-state index in [0.29, 0.717) is 12.1 Å². The number of hydrogen-bond donors (Lipinski definition) is 1. The molecule has 0 radical (unpaired) electrons. The molecule has 1 N–H and O–H groups in total. The summed E-state index contributed by atoms with van der Waals surface area (Å²) in [4.78, 5) is 15.6. The van der Waals surface area contributed by atoms with Gasteiger partial charge in [0.15, 0.2) is 0 Å². The number of amides is 1. The maximum atomic E-state index is 12.6. The van der Waals surface area contributed by atoms with Gasteiger partial charge in [0.2, 0.25) is 0 Å². The minimum Gasteiger partial charge on any atom is -0.336 e. The van der Waals surface area contributed by atoms with Gasteiger partial charge in [-0.3, -0.25) is 4.79 Å². The molecule has 2 unspecified atom stereocenters. The van der Waals surface area contributed by atoms with Crippen LogP contribution >= 0.6 is 11.3 Å². The zero-order valence-electron chi connectivity index (χ0n) is 10.8. The molecule has 1 aromatic rings. The van der Waals surface area contributed by atoms with Gasteiger partial charge in [0.25, 0.3) is 5.91 Å². The van der Waals surface area contributed by atoms with Gasteiger partial charge in [0, 0.05) is 25.2 Å². The molecule has 2 aliphatic rings. The molecular weight excluding hydrogens is 244 g/mol. The van der Waals surface area contributed by atoms with E-state index in [0.717, 1.165) is 30.8 Å². The summed E-state index contributed by atoms with van der Waals surface area (Å²) in [6.07, 6.45) is 4.56. The molecule has 0 aliphatic carbocycles. The van der Waals surface area contributed by atoms with E-state index in [2.05, 4.69) is 23.2 Å². The number of carbonyl (C=O) groups excluding carboxylic acids is 1. The first-order valence-corrected chi connectivity index (χ1v) is 7.77. The lowest BCUT2D eigenvalue weighted by Crippen LogP contribution is -2.39. The van der Waals surface area contributed by atoms with Crippen molar-refractivity contribution in [3.63, 3.8) is 0 Å². The van der Waals surface area contributed by atoms with Crippen LogP contribution in [0.3, 0.4) is 0 Å². The molecule has 3 rings (SSSR count). The third kappa shape index (κ3) is 2.19. The summed E-state index contributed by atoms with van der Waals surface area (Å²) in [6, 6.07) is 3.24. The van der Waals surface area contributed by atoms with Crippen LogP contribution in [0.5, 0.6) is 0 Å². The van der Waals surface area contributed by atoms with Gasteiger partial charge in [-0.05, 0) is 42.7 Å². The SMILES string of the molecule is CCc1ccsc1C(=O)N1CCC2CCC(C1)N2. The number of nitrogens with zero attached hydrogens (tertiary/aromatic N) is 1. The van der Waals surface area contributed by atoms with Crippen LogP contribution in [0.4, 0.5) is 0 Å². The predicted octanol–water partition coefficient (Wildman–Crippen LogP) is 2.28. The molecule has 4 heteroatoms. The standard InChI is InChI=1S/C14H20N2OS/c1-2-10-6-8-18-13(10)14(17)16-7-5-11-3-4-12(9-16)15-11/h6,8,11-12,15H,2-5,7,9H2,1H3. The van der Waals surface area contributed by atoms with E-state index in [9.17, 15) is 4.79 Å². The highest BCUT2D eigenvalue weighted by molar-refractivity contribution is 7.12. The lowest BCUT2D eigenvalue weighted by molar-refractivity contribution is 0.0752. The third-order valence-electron chi connectivity index (χ3n) is 4.13. The van der Waals surface area contributed by atoms with Crippen LogP contribution < -0.4 is 5.32 Å². The molecule has 2 fully saturated rings. The highest BCUT2D eigenvalue weighted by Crippen LogP contribution is 2.24. The van der Waals surface area contributed by atoms with Crippen molar-refractivity contribution in [2.45, 2.75) is 44.7 Å². The molecule has 1 aromatic heterocycles. The zero-order chi connectivity index (χ0) is 12.5. The van der Waals surface area contributed by atoms with Gasteiger partial charge in [0.1, 0.15) is 0 Å². The van der Waals surface area contributed by atoms with E-state index >= 15 is 0 Å². The summed E-state index contributed by atoms with van der Waals surface area (Å²) in [7, 11) is 0. The van der Waals surface area contributed by atoms with E-state index < -0.39 is 0 Å². The Morgan fingerprint density at radius 1 is 1.44 bits per heavy atom. The van der Waals surface area contributed by atoms with Crippen molar-refractivity contribution >= 4 is 17.2 Å². The van der Waals surface area contributed by atoms with E-state index in [1.807, 2.05) is 5.38 Å². The molecule has 0 aromatic carbocycles. The summed E-state index contributed by atoms with van der Waals surface area (Å²) < 4.78 is 0. The summed E-state index contributed by atoms with van der Waals surface area (Å²) in [6.45, 7) is 3.91. The Kier molecular flexibility index (Phi) is 3.39. The van der Waals surface area contributed by atoms with Crippen LogP contribution in [-0.4, -0.2) is 36.0 Å². The molecule has 2 aliphatic heterocycles. The van der Waals surface area contributed by atoms with Crippen molar-refractivity contribution in [3.05, 3.63) is 21.9 Å². The molecular formula is C14H20N2OS. The van der Waals surface area contributed by atoms with Crippen LogP contribution in [0, 0.1) is 0 Å². The van der Waals surface area contributed by atoms with Crippen molar-refractivity contribution in [2.75, 3.05) is 13.1 Å². The zero-order valence-corrected chi connectivity index (χ0v) is 11.6. The number of hydrogen-bond acceptors (Lipinski definition) is 3. The Hall–Kier alpha value is -0.870. The quantitative estimate of drug-likeness (QED) is 0.889. The van der Waals surface area contributed by atoms with E-state index in [4.69, 9.17) is 0 Å². The predicted molar refractivity (Wildman–Crippen MR) is 74.2 cm³/mol. The first-order valence-electron chi connectivity index (χ1n) is 6.89. The highest BCUT2D eigenvalue weighted by atomic mass is 32.1. The summed E-state index contributed by atoms with van der Waals surface area (Å²) in [5, 5.41) is 5.66. The number of fused-ring (bicyclic) bond motifs is 2. The fraction of sp³-hybridized carbons (Fsp3) is 0.643. The molecule has 2 bridgehead atoms. The maximum absolute atomic E-state index is 12.6. The van der Waals surface area contributed by atoms with E-state index in [-0.39, 0.29) is 5.91 Å². The second-order valence-electron chi connectivity index (χ2n) is 5.31. The average molecular weight is 264 g/mol. The van der Waals surface area contributed by atoms with Crippen molar-refractivity contribution in [3.8, 4) is 0 Å². The Bertz CT molecular complexity index is 443. The lowest BCUT2D eigenvalue weighted by Gasteiger charge is -2.24. The fourth-order valence-electron chi connectivity index (χ4n) is 3.07. The average Bonchev–Trinajstić information content (AvgIpc) is 2.94. The maximum Gasteiger partial charge on any atom is 0.264 e. The summed E-state index contributed by atoms with van der Waals surface area (Å²) in [5.41, 5.74) is 1.20. The smallest absolute Gasteiger partial charge is 0.264 e. The number of likely N-dealkylation sites (tertiary alicyclic amines) is 1. The summed E-state index contributed by atoms with van der Waals surface area (Å²) in [5.74, 6) is 0.246. The van der Waals surface area contributed by atoms with Gasteiger partial charge in [-0.1, -0.05) is 6.92 Å². The molecule has 18 heavy (non-hydrogen) atoms. The molecule has 0 saturated carbocycles. The third-order valence-corrected chi connectivity index (χ3v) is 5.08. The monoisotopic (exact) mass is 264 g/mol. The topological polar surface area (TPSA) is 32.3 Å². The van der Waals surface area contributed by atoms with Crippen LogP contribution in [0.25, 0.3) is 0 Å². The number of aryl methyl sites for hydroxylation is 1. The Morgan fingerprint density at radius 2 is 2.28 bits per heavy atom. The van der Waals surface area contributed by atoms with Crippen molar-refractivity contribution in [2.24, 2.45) is 0 Å². The van der Waals surface area contributed by atoms with Gasteiger partial charge < -0.3 is 10.2 Å². The Balaban J connectivity index is 1.76. The molecule has 3 nitrogen and oxygen atoms in total. The van der Waals surface area contributed by atoms with E-state index in [1.54, 1.807) is 11.3 Å². The number of nitrogens with one attached hydrogen (secondary N) is 1. The molecule has 98 valence electrons. The van der Waals surface area contributed by atoms with Crippen molar-refractivity contribution < 1.29 is 4.79 Å². The van der Waals surface area contributed by atoms with Crippen LogP contribution in [0.2, 0.25) is 0 Å². The molecule has 3 heterocycles. The first-order chi connectivity index (χ1) is 8.78. The van der Waals surface area contributed by atoms with Gasteiger partial charge in [-0.15, -0.1) is 11.3 Å². The van der Waals surface area contributed by atoms with Gasteiger partial charge >= 0.3 is 0 Å². The molecule has 2 saturated heterocycles. The first kappa shape index (κ1) is 12.2. The van der Waals surface area contributed by atoms with Crippen molar-refractivity contribution in [1.82, 2.24) is 10.2 Å². The van der Waals surface area contributed by atoms with Crippen LogP contribution in [0.1, 0.15) is 41.4 Å². The van der Waals surface area contributed by atoms with Crippen LogP contribution in [-0.2, 0) is 6.42 Å². The molecule has 1 amide bonds. The van der Waals surface area contributed by atoms with Crippen LogP contribution in [0.15, 0.2) is 11.4 Å². The highest BCUT2D eigenvalue weighted by Gasteiger charge is 2.32. The second kappa shape index (κ2) is 5.02. The lowest BCUT2D eigenvalue weighted by atomic mass is 10.1. The second-order valence-corrected chi connectivity index (χ2v) is 6.22. The largest absolute Gasteiger partial charge is 0.336 e.